The minimum Gasteiger partial charge on any atom is -0.351 e. The molecule has 25 heavy (non-hydrogen) atoms. The lowest BCUT2D eigenvalue weighted by molar-refractivity contribution is 0.0945. The van der Waals surface area contributed by atoms with Gasteiger partial charge in [-0.15, -0.1) is 0 Å². The molecule has 1 saturated heterocycles. The maximum absolute atomic E-state index is 12.0. The Morgan fingerprint density at radius 2 is 1.96 bits per heavy atom. The lowest BCUT2D eigenvalue weighted by Gasteiger charge is -2.30. The fourth-order valence-electron chi connectivity index (χ4n) is 3.11. The van der Waals surface area contributed by atoms with Crippen molar-refractivity contribution in [2.24, 2.45) is 5.92 Å². The zero-order valence-corrected chi connectivity index (χ0v) is 14.5. The first kappa shape index (κ1) is 17.4. The highest BCUT2D eigenvalue weighted by molar-refractivity contribution is 5.93. The normalized spacial score (nSPS) is 16.2. The highest BCUT2D eigenvalue weighted by Gasteiger charge is 2.17. The van der Waals surface area contributed by atoms with Crippen LogP contribution in [0.25, 0.3) is 6.08 Å². The summed E-state index contributed by atoms with van der Waals surface area (Å²) in [5, 5.41) is 2.97. The van der Waals surface area contributed by atoms with E-state index in [1.165, 1.54) is 18.4 Å². The Morgan fingerprint density at radius 1 is 1.16 bits per heavy atom. The van der Waals surface area contributed by atoms with Crippen LogP contribution < -0.4 is 5.32 Å². The summed E-state index contributed by atoms with van der Waals surface area (Å²) in [4.78, 5) is 18.4. The number of allylic oxidation sites excluding steroid dienone is 1. The average Bonchev–Trinajstić information content (AvgIpc) is 2.69. The summed E-state index contributed by atoms with van der Waals surface area (Å²) in [5.74, 6) is 0.607. The number of pyridine rings is 1. The maximum Gasteiger partial charge on any atom is 0.252 e. The van der Waals surface area contributed by atoms with Crippen LogP contribution in [0.5, 0.6) is 0 Å². The van der Waals surface area contributed by atoms with Crippen LogP contribution in [0.15, 0.2) is 60.9 Å². The molecule has 1 aliphatic rings. The van der Waals surface area contributed by atoms with Gasteiger partial charge in [0.1, 0.15) is 0 Å². The lowest BCUT2D eigenvalue weighted by Crippen LogP contribution is -2.39. The first-order valence-corrected chi connectivity index (χ1v) is 8.95. The molecule has 1 fully saturated rings. The molecule has 1 amide bonds. The second-order valence-electron chi connectivity index (χ2n) is 6.45. The van der Waals surface area contributed by atoms with Crippen LogP contribution in [-0.4, -0.2) is 42.0 Å². The Kier molecular flexibility index (Phi) is 6.35. The van der Waals surface area contributed by atoms with Crippen molar-refractivity contribution in [1.82, 2.24) is 15.2 Å². The molecule has 2 aromatic rings. The molecule has 0 saturated carbocycles. The van der Waals surface area contributed by atoms with Gasteiger partial charge in [-0.2, -0.15) is 0 Å². The van der Waals surface area contributed by atoms with Gasteiger partial charge in [0.05, 0.1) is 5.56 Å². The molecule has 1 aliphatic heterocycles. The second kappa shape index (κ2) is 9.14. The lowest BCUT2D eigenvalue weighted by atomic mass is 9.95. The molecule has 0 bridgehead atoms. The third-order valence-electron chi connectivity index (χ3n) is 4.63. The molecular weight excluding hydrogens is 310 g/mol. The van der Waals surface area contributed by atoms with Crippen molar-refractivity contribution in [2.75, 3.05) is 26.2 Å². The van der Waals surface area contributed by atoms with Crippen molar-refractivity contribution < 1.29 is 4.79 Å². The summed E-state index contributed by atoms with van der Waals surface area (Å²) in [6.45, 7) is 3.76. The number of amides is 1. The van der Waals surface area contributed by atoms with Crippen molar-refractivity contribution in [3.05, 3.63) is 72.1 Å². The van der Waals surface area contributed by atoms with E-state index in [4.69, 9.17) is 0 Å². The van der Waals surface area contributed by atoms with E-state index in [2.05, 4.69) is 51.6 Å². The van der Waals surface area contributed by atoms with Gasteiger partial charge in [-0.25, -0.2) is 0 Å². The van der Waals surface area contributed by atoms with Gasteiger partial charge in [0.25, 0.3) is 5.91 Å². The fourth-order valence-corrected chi connectivity index (χ4v) is 3.11. The Labute approximate surface area is 149 Å². The number of carbonyl (C=O) groups is 1. The number of benzene rings is 1. The van der Waals surface area contributed by atoms with E-state index in [1.807, 2.05) is 6.07 Å². The molecule has 2 heterocycles. The zero-order chi connectivity index (χ0) is 17.3. The van der Waals surface area contributed by atoms with E-state index < -0.39 is 0 Å². The minimum absolute atomic E-state index is 0.0474. The molecule has 4 nitrogen and oxygen atoms in total. The predicted molar refractivity (Wildman–Crippen MR) is 101 cm³/mol. The van der Waals surface area contributed by atoms with Gasteiger partial charge in [0.2, 0.25) is 0 Å². The standard InChI is InChI=1S/C21H25N3O/c25-21(20-7-4-12-22-17-20)23-13-16-24-14-10-19(11-15-24)9-8-18-5-2-1-3-6-18/h1-9,12,17,19H,10-11,13-16H2,(H,23,25)/b9-8-. The Bertz CT molecular complexity index is 677. The van der Waals surface area contributed by atoms with E-state index in [0.717, 1.165) is 19.6 Å². The molecule has 3 rings (SSSR count). The average molecular weight is 335 g/mol. The van der Waals surface area contributed by atoms with Crippen LogP contribution in [0.4, 0.5) is 0 Å². The molecule has 4 heteroatoms. The number of hydrogen-bond acceptors (Lipinski definition) is 3. The fraction of sp³-hybridized carbons (Fsp3) is 0.333. The monoisotopic (exact) mass is 335 g/mol. The molecule has 0 spiro atoms. The number of rotatable bonds is 6. The summed E-state index contributed by atoms with van der Waals surface area (Å²) < 4.78 is 0. The van der Waals surface area contributed by atoms with Crippen molar-refractivity contribution in [2.45, 2.75) is 12.8 Å². The highest BCUT2D eigenvalue weighted by atomic mass is 16.1. The second-order valence-corrected chi connectivity index (χ2v) is 6.45. The van der Waals surface area contributed by atoms with E-state index in [9.17, 15) is 4.79 Å². The highest BCUT2D eigenvalue weighted by Crippen LogP contribution is 2.19. The van der Waals surface area contributed by atoms with Crippen LogP contribution in [-0.2, 0) is 0 Å². The predicted octanol–water partition coefficient (Wildman–Crippen LogP) is 3.24. The Balaban J connectivity index is 1.35. The summed E-state index contributed by atoms with van der Waals surface area (Å²) in [5.41, 5.74) is 1.88. The van der Waals surface area contributed by atoms with Crippen molar-refractivity contribution in [3.63, 3.8) is 0 Å². The minimum atomic E-state index is -0.0474. The third kappa shape index (κ3) is 5.54. The first-order chi connectivity index (χ1) is 12.3. The molecule has 1 N–H and O–H groups in total. The molecule has 1 aromatic heterocycles. The number of nitrogens with one attached hydrogen (secondary N) is 1. The number of nitrogens with zero attached hydrogens (tertiary/aromatic N) is 2. The van der Waals surface area contributed by atoms with Crippen LogP contribution >= 0.6 is 0 Å². The van der Waals surface area contributed by atoms with Crippen molar-refractivity contribution >= 4 is 12.0 Å². The van der Waals surface area contributed by atoms with Crippen LogP contribution in [0.1, 0.15) is 28.8 Å². The molecule has 0 atom stereocenters. The van der Waals surface area contributed by atoms with E-state index in [0.29, 0.717) is 18.0 Å². The molecular formula is C21H25N3O. The summed E-state index contributed by atoms with van der Waals surface area (Å²) in [7, 11) is 0. The molecule has 1 aromatic carbocycles. The van der Waals surface area contributed by atoms with Gasteiger partial charge in [-0.1, -0.05) is 42.5 Å². The molecule has 130 valence electrons. The number of piperidine rings is 1. The summed E-state index contributed by atoms with van der Waals surface area (Å²) in [6.07, 6.45) is 10.2. The number of carbonyl (C=O) groups excluding carboxylic acids is 1. The van der Waals surface area contributed by atoms with Gasteiger partial charge in [0, 0.05) is 25.5 Å². The van der Waals surface area contributed by atoms with Gasteiger partial charge < -0.3 is 10.2 Å². The summed E-state index contributed by atoms with van der Waals surface area (Å²) in [6, 6.07) is 14.0. The largest absolute Gasteiger partial charge is 0.351 e. The SMILES string of the molecule is O=C(NCCN1CCC(/C=C\c2ccccc2)CC1)c1cccnc1. The van der Waals surface area contributed by atoms with Gasteiger partial charge in [0.15, 0.2) is 0 Å². The van der Waals surface area contributed by atoms with Crippen molar-refractivity contribution in [3.8, 4) is 0 Å². The summed E-state index contributed by atoms with van der Waals surface area (Å²) >= 11 is 0. The van der Waals surface area contributed by atoms with E-state index >= 15 is 0 Å². The zero-order valence-electron chi connectivity index (χ0n) is 14.5. The van der Waals surface area contributed by atoms with Gasteiger partial charge in [-0.3, -0.25) is 9.78 Å². The van der Waals surface area contributed by atoms with Crippen LogP contribution in [0.3, 0.4) is 0 Å². The molecule has 0 aliphatic carbocycles. The Hall–Kier alpha value is -2.46. The smallest absolute Gasteiger partial charge is 0.252 e. The van der Waals surface area contributed by atoms with Crippen LogP contribution in [0.2, 0.25) is 0 Å². The van der Waals surface area contributed by atoms with Crippen molar-refractivity contribution in [1.29, 1.82) is 0 Å². The van der Waals surface area contributed by atoms with Gasteiger partial charge in [-0.05, 0) is 49.5 Å². The van der Waals surface area contributed by atoms with E-state index in [1.54, 1.807) is 24.5 Å². The molecule has 0 unspecified atom stereocenters. The molecule has 0 radical (unpaired) electrons. The van der Waals surface area contributed by atoms with Crippen LogP contribution in [0, 0.1) is 5.92 Å². The maximum atomic E-state index is 12.0. The first-order valence-electron chi connectivity index (χ1n) is 8.95. The third-order valence-corrected chi connectivity index (χ3v) is 4.63. The van der Waals surface area contributed by atoms with Gasteiger partial charge >= 0.3 is 0 Å². The number of likely N-dealkylation sites (tertiary alicyclic amines) is 1. The van der Waals surface area contributed by atoms with E-state index in [-0.39, 0.29) is 5.91 Å². The Morgan fingerprint density at radius 3 is 2.68 bits per heavy atom. The number of aromatic nitrogens is 1. The quantitative estimate of drug-likeness (QED) is 0.881. The number of hydrogen-bond donors (Lipinski definition) is 1. The topological polar surface area (TPSA) is 45.2 Å².